The molecule has 0 atom stereocenters. The number of esters is 1. The lowest BCUT2D eigenvalue weighted by Crippen LogP contribution is -2.18. The van der Waals surface area contributed by atoms with Gasteiger partial charge in [-0.1, -0.05) is 24.3 Å². The third-order valence-electron chi connectivity index (χ3n) is 5.58. The fraction of sp³-hybridized carbons (Fsp3) is 0.143. The quantitative estimate of drug-likeness (QED) is 0.303. The minimum Gasteiger partial charge on any atom is -0.507 e. The number of aromatic nitrogens is 1. The number of carbonyl (C=O) groups excluding carboxylic acids is 1. The highest BCUT2D eigenvalue weighted by atomic mass is 16.5. The number of phenolic OH excluding ortho intramolecular Hbond substituents is 1. The monoisotopic (exact) mass is 471 g/mol. The van der Waals surface area contributed by atoms with Gasteiger partial charge in [-0.25, -0.2) is 4.79 Å². The van der Waals surface area contributed by atoms with Crippen LogP contribution in [0.2, 0.25) is 0 Å². The molecule has 178 valence electrons. The fourth-order valence-corrected chi connectivity index (χ4v) is 3.83. The molecule has 0 bridgehead atoms. The van der Waals surface area contributed by atoms with Crippen LogP contribution in [-0.4, -0.2) is 36.5 Å². The van der Waals surface area contributed by atoms with E-state index in [1.54, 1.807) is 56.6 Å². The van der Waals surface area contributed by atoms with Crippen molar-refractivity contribution < 1.29 is 24.1 Å². The van der Waals surface area contributed by atoms with Crippen molar-refractivity contribution in [1.29, 1.82) is 0 Å². The molecular formula is C28H25NO6. The van der Waals surface area contributed by atoms with Gasteiger partial charge in [-0.3, -0.25) is 9.36 Å². The van der Waals surface area contributed by atoms with E-state index in [2.05, 4.69) is 0 Å². The number of carbonyl (C=O) groups is 1. The molecule has 0 saturated carbocycles. The number of ether oxygens (including phenoxy) is 3. The zero-order valence-electron chi connectivity index (χ0n) is 19.6. The van der Waals surface area contributed by atoms with Crippen molar-refractivity contribution in [2.75, 3.05) is 20.8 Å². The van der Waals surface area contributed by atoms with Crippen molar-refractivity contribution in [1.82, 2.24) is 4.57 Å². The predicted octanol–water partition coefficient (Wildman–Crippen LogP) is 4.96. The maximum atomic E-state index is 13.4. The van der Waals surface area contributed by atoms with E-state index in [9.17, 15) is 14.7 Å². The maximum Gasteiger partial charge on any atom is 0.330 e. The normalized spacial score (nSPS) is 11.1. The Balaban J connectivity index is 1.88. The lowest BCUT2D eigenvalue weighted by Gasteiger charge is -2.15. The summed E-state index contributed by atoms with van der Waals surface area (Å²) in [4.78, 5) is 25.0. The molecular weight excluding hydrogens is 446 g/mol. The predicted molar refractivity (Wildman–Crippen MR) is 135 cm³/mol. The number of hydrogen-bond acceptors (Lipinski definition) is 6. The van der Waals surface area contributed by atoms with Crippen molar-refractivity contribution in [2.45, 2.75) is 6.92 Å². The molecule has 7 heteroatoms. The van der Waals surface area contributed by atoms with Crippen LogP contribution in [0.4, 0.5) is 0 Å². The van der Waals surface area contributed by atoms with Gasteiger partial charge >= 0.3 is 5.97 Å². The van der Waals surface area contributed by atoms with Crippen molar-refractivity contribution in [3.63, 3.8) is 0 Å². The summed E-state index contributed by atoms with van der Waals surface area (Å²) >= 11 is 0. The van der Waals surface area contributed by atoms with Crippen LogP contribution in [0.5, 0.6) is 17.2 Å². The Morgan fingerprint density at radius 2 is 1.66 bits per heavy atom. The standard InChI is InChI=1S/C28H25NO6/c1-4-35-26(31)14-7-18-5-8-19(9-6-18)24-17-29(20-10-12-21(33-2)13-11-20)28(32)27-23(24)15-22(34-3)16-25(27)30/h5-17,30H,4H2,1-3H3/b14-7+. The molecule has 1 aromatic heterocycles. The Morgan fingerprint density at radius 3 is 2.29 bits per heavy atom. The van der Waals surface area contributed by atoms with E-state index in [0.29, 0.717) is 29.2 Å². The molecule has 0 unspecified atom stereocenters. The van der Waals surface area contributed by atoms with Gasteiger partial charge in [0.25, 0.3) is 5.56 Å². The maximum absolute atomic E-state index is 13.4. The molecule has 0 amide bonds. The minimum atomic E-state index is -0.406. The zero-order chi connectivity index (χ0) is 24.9. The number of phenols is 1. The first-order chi connectivity index (χ1) is 16.9. The third kappa shape index (κ3) is 4.89. The Hall–Kier alpha value is -4.52. The lowest BCUT2D eigenvalue weighted by molar-refractivity contribution is -0.137. The van der Waals surface area contributed by atoms with Gasteiger partial charge in [0.1, 0.15) is 17.2 Å². The van der Waals surface area contributed by atoms with Crippen molar-refractivity contribution in [2.24, 2.45) is 0 Å². The second kappa shape index (κ2) is 10.2. The van der Waals surface area contributed by atoms with Gasteiger partial charge in [-0.15, -0.1) is 0 Å². The molecule has 0 spiro atoms. The number of methoxy groups -OCH3 is 2. The first-order valence-electron chi connectivity index (χ1n) is 11.0. The summed E-state index contributed by atoms with van der Waals surface area (Å²) in [6, 6.07) is 17.7. The van der Waals surface area contributed by atoms with Crippen molar-refractivity contribution in [3.8, 4) is 34.1 Å². The number of rotatable bonds is 7. The van der Waals surface area contributed by atoms with Gasteiger partial charge in [0, 0.05) is 35.0 Å². The van der Waals surface area contributed by atoms with E-state index in [0.717, 1.165) is 16.7 Å². The summed E-state index contributed by atoms with van der Waals surface area (Å²) in [6.45, 7) is 2.07. The first-order valence-corrected chi connectivity index (χ1v) is 11.0. The molecule has 7 nitrogen and oxygen atoms in total. The highest BCUT2D eigenvalue weighted by molar-refractivity contribution is 6.00. The molecule has 0 saturated heterocycles. The molecule has 0 fully saturated rings. The van der Waals surface area contributed by atoms with Crippen molar-refractivity contribution >= 4 is 22.8 Å². The topological polar surface area (TPSA) is 87.0 Å². The smallest absolute Gasteiger partial charge is 0.330 e. The van der Waals surface area contributed by atoms with Crippen LogP contribution in [0.3, 0.4) is 0 Å². The molecule has 0 aliphatic carbocycles. The SMILES string of the molecule is CCOC(=O)/C=C/c1ccc(-c2cn(-c3ccc(OC)cc3)c(=O)c3c(O)cc(OC)cc23)cc1. The van der Waals surface area contributed by atoms with Crippen LogP contribution >= 0.6 is 0 Å². The average Bonchev–Trinajstić information content (AvgIpc) is 2.88. The van der Waals surface area contributed by atoms with Gasteiger partial charge in [0.15, 0.2) is 0 Å². The fourth-order valence-electron chi connectivity index (χ4n) is 3.83. The summed E-state index contributed by atoms with van der Waals surface area (Å²) in [5.74, 6) is 0.535. The Bertz CT molecular complexity index is 1450. The molecule has 0 radical (unpaired) electrons. The number of benzene rings is 3. The Morgan fingerprint density at radius 1 is 0.971 bits per heavy atom. The van der Waals surface area contributed by atoms with Crippen molar-refractivity contribution in [3.05, 3.63) is 88.9 Å². The van der Waals surface area contributed by atoms with Crippen LogP contribution < -0.4 is 15.0 Å². The Labute approximate surface area is 202 Å². The van der Waals surface area contributed by atoms with Gasteiger partial charge in [0.2, 0.25) is 0 Å². The van der Waals surface area contributed by atoms with Crippen LogP contribution in [-0.2, 0) is 9.53 Å². The molecule has 0 aliphatic rings. The van der Waals surface area contributed by atoms with Gasteiger partial charge in [-0.05, 0) is 54.5 Å². The zero-order valence-corrected chi connectivity index (χ0v) is 19.6. The largest absolute Gasteiger partial charge is 0.507 e. The second-order valence-electron chi connectivity index (χ2n) is 7.69. The van der Waals surface area contributed by atoms with E-state index >= 15 is 0 Å². The van der Waals surface area contributed by atoms with Crippen LogP contribution in [0.25, 0.3) is 33.7 Å². The summed E-state index contributed by atoms with van der Waals surface area (Å²) in [5, 5.41) is 11.5. The minimum absolute atomic E-state index is 0.164. The first kappa shape index (κ1) is 23.6. The molecule has 4 rings (SSSR count). The summed E-state index contributed by atoms with van der Waals surface area (Å²) in [5.41, 5.74) is 2.63. The summed E-state index contributed by atoms with van der Waals surface area (Å²) in [7, 11) is 3.08. The number of fused-ring (bicyclic) bond motifs is 1. The average molecular weight is 472 g/mol. The van der Waals surface area contributed by atoms with Gasteiger partial charge < -0.3 is 19.3 Å². The summed E-state index contributed by atoms with van der Waals surface area (Å²) < 4.78 is 17.0. The molecule has 1 N–H and O–H groups in total. The highest BCUT2D eigenvalue weighted by Gasteiger charge is 2.17. The van der Waals surface area contributed by atoms with Gasteiger partial charge in [0.05, 0.1) is 26.2 Å². The summed E-state index contributed by atoms with van der Waals surface area (Å²) in [6.07, 6.45) is 4.79. The van der Waals surface area contributed by atoms with E-state index < -0.39 is 5.97 Å². The molecule has 4 aromatic rings. The van der Waals surface area contributed by atoms with E-state index in [1.807, 2.05) is 24.3 Å². The van der Waals surface area contributed by atoms with E-state index in [4.69, 9.17) is 14.2 Å². The lowest BCUT2D eigenvalue weighted by atomic mass is 9.98. The van der Waals surface area contributed by atoms with Gasteiger partial charge in [-0.2, -0.15) is 0 Å². The highest BCUT2D eigenvalue weighted by Crippen LogP contribution is 2.35. The van der Waals surface area contributed by atoms with Crippen LogP contribution in [0.1, 0.15) is 12.5 Å². The molecule has 3 aromatic carbocycles. The van der Waals surface area contributed by atoms with E-state index in [-0.39, 0.29) is 16.7 Å². The van der Waals surface area contributed by atoms with Crippen LogP contribution in [0, 0.1) is 0 Å². The molecule has 35 heavy (non-hydrogen) atoms. The number of hydrogen-bond donors (Lipinski definition) is 1. The number of aromatic hydroxyl groups is 1. The number of nitrogens with zero attached hydrogens (tertiary/aromatic N) is 1. The molecule has 0 aliphatic heterocycles. The number of pyridine rings is 1. The van der Waals surface area contributed by atoms with Crippen LogP contribution in [0.15, 0.2) is 77.7 Å². The third-order valence-corrected chi connectivity index (χ3v) is 5.58. The van der Waals surface area contributed by atoms with E-state index in [1.165, 1.54) is 23.8 Å². The second-order valence-corrected chi connectivity index (χ2v) is 7.69. The Kier molecular flexibility index (Phi) is 6.87. The molecule has 1 heterocycles.